The number of hydrazone groups is 1. The largest absolute Gasteiger partial charge is 0.481 e. The smallest absolute Gasteiger partial charge is 0.207 e. The minimum Gasteiger partial charge on any atom is -0.481 e. The van der Waals surface area contributed by atoms with Crippen LogP contribution in [0.15, 0.2) is 17.1 Å². The Morgan fingerprint density at radius 2 is 2.18 bits per heavy atom. The Bertz CT molecular complexity index is 310. The minimum atomic E-state index is 0.471. The van der Waals surface area contributed by atoms with Crippen LogP contribution in [0.25, 0.3) is 0 Å². The summed E-state index contributed by atoms with van der Waals surface area (Å²) in [4.78, 5) is 0. The van der Waals surface area contributed by atoms with E-state index in [0.717, 1.165) is 0 Å². The molecule has 1 aliphatic carbocycles. The van der Waals surface area contributed by atoms with E-state index in [1.54, 1.807) is 18.4 Å². The van der Waals surface area contributed by atoms with Crippen LogP contribution in [-0.4, -0.2) is 24.2 Å². The van der Waals surface area contributed by atoms with E-state index in [0.29, 0.717) is 17.8 Å². The van der Waals surface area contributed by atoms with Gasteiger partial charge in [0.25, 0.3) is 0 Å². The van der Waals surface area contributed by atoms with Crippen molar-refractivity contribution in [3.05, 3.63) is 12.0 Å². The van der Waals surface area contributed by atoms with Crippen LogP contribution < -0.4 is 22.1 Å². The molecule has 0 saturated heterocycles. The van der Waals surface area contributed by atoms with Gasteiger partial charge in [0, 0.05) is 12.1 Å². The maximum atomic E-state index is 5.26. The second-order valence-corrected chi connectivity index (χ2v) is 4.25. The molecule has 0 radical (unpaired) electrons. The predicted octanol–water partition coefficient (Wildman–Crippen LogP) is -0.0915. The zero-order valence-electron chi connectivity index (χ0n) is 10.1. The highest BCUT2D eigenvalue weighted by atomic mass is 16.5. The lowest BCUT2D eigenvalue weighted by molar-refractivity contribution is 0.0300. The minimum absolute atomic E-state index is 0.471. The lowest BCUT2D eigenvalue weighted by Crippen LogP contribution is -2.62. The molecule has 96 valence electrons. The van der Waals surface area contributed by atoms with Crippen LogP contribution in [0.5, 0.6) is 0 Å². The molecule has 0 bridgehead atoms. The quantitative estimate of drug-likeness (QED) is 0.407. The molecule has 0 amide bonds. The fourth-order valence-corrected chi connectivity index (χ4v) is 2.09. The Labute approximate surface area is 101 Å². The van der Waals surface area contributed by atoms with Crippen LogP contribution in [0.1, 0.15) is 32.1 Å². The van der Waals surface area contributed by atoms with Gasteiger partial charge >= 0.3 is 0 Å². The number of ether oxygens (including phenoxy) is 1. The van der Waals surface area contributed by atoms with Gasteiger partial charge in [-0.1, -0.05) is 24.5 Å². The summed E-state index contributed by atoms with van der Waals surface area (Å²) in [5.74, 6) is 6.40. The summed E-state index contributed by atoms with van der Waals surface area (Å²) >= 11 is 0. The molecule has 2 aliphatic rings. The van der Waals surface area contributed by atoms with Crippen LogP contribution in [-0.2, 0) is 4.74 Å². The maximum absolute atomic E-state index is 5.26. The molecule has 1 fully saturated rings. The molecule has 1 aliphatic heterocycles. The van der Waals surface area contributed by atoms with E-state index >= 15 is 0 Å². The molecule has 0 aromatic carbocycles. The van der Waals surface area contributed by atoms with E-state index in [-0.39, 0.29) is 0 Å². The number of hydrazine groups is 3. The zero-order chi connectivity index (χ0) is 12.1. The van der Waals surface area contributed by atoms with Crippen molar-refractivity contribution in [3.8, 4) is 0 Å². The van der Waals surface area contributed by atoms with Gasteiger partial charge in [-0.25, -0.2) is 5.43 Å². The fraction of sp³-hybridized carbons (Fsp3) is 0.700. The van der Waals surface area contributed by atoms with Crippen LogP contribution in [0.2, 0.25) is 0 Å². The molecule has 0 unspecified atom stereocenters. The highest BCUT2D eigenvalue weighted by molar-refractivity contribution is 5.93. The molecule has 5 N–H and O–H groups in total. The zero-order valence-corrected chi connectivity index (χ0v) is 10.1. The Morgan fingerprint density at radius 3 is 2.82 bits per heavy atom. The van der Waals surface area contributed by atoms with Crippen molar-refractivity contribution < 1.29 is 4.74 Å². The van der Waals surface area contributed by atoms with Crippen molar-refractivity contribution in [2.24, 2.45) is 10.9 Å². The van der Waals surface area contributed by atoms with Gasteiger partial charge in [-0.15, -0.1) is 0 Å². The average Bonchev–Trinajstić information content (AvgIpc) is 2.39. The van der Waals surface area contributed by atoms with Crippen LogP contribution in [0, 0.1) is 0 Å². The molecular weight excluding hydrogens is 220 g/mol. The van der Waals surface area contributed by atoms with E-state index in [1.165, 1.54) is 32.1 Å². The summed E-state index contributed by atoms with van der Waals surface area (Å²) in [6, 6.07) is 0.471. The standard InChI is InChI=1S/C10H20N6O/c1-17-10-7-9(12-11)14-16(15-10)13-8-5-3-2-4-6-8/h7-8,13,15H,2-6,11H2,1H3,(H,12,14). The molecule has 1 heterocycles. The van der Waals surface area contributed by atoms with Crippen molar-refractivity contribution in [3.63, 3.8) is 0 Å². The van der Waals surface area contributed by atoms with Crippen molar-refractivity contribution in [1.29, 1.82) is 0 Å². The van der Waals surface area contributed by atoms with Gasteiger partial charge in [0.05, 0.1) is 7.11 Å². The Hall–Kier alpha value is -1.47. The van der Waals surface area contributed by atoms with E-state index < -0.39 is 0 Å². The molecule has 7 nitrogen and oxygen atoms in total. The first kappa shape index (κ1) is 12.0. The normalized spacial score (nSPS) is 25.0. The fourth-order valence-electron chi connectivity index (χ4n) is 2.09. The van der Waals surface area contributed by atoms with E-state index in [4.69, 9.17) is 10.6 Å². The van der Waals surface area contributed by atoms with Gasteiger partial charge in [-0.05, 0) is 12.8 Å². The van der Waals surface area contributed by atoms with Gasteiger partial charge in [0.15, 0.2) is 5.84 Å². The monoisotopic (exact) mass is 240 g/mol. The Kier molecular flexibility index (Phi) is 4.05. The second kappa shape index (κ2) is 5.74. The number of hydrogen-bond donors (Lipinski definition) is 4. The number of nitrogens with zero attached hydrogens (tertiary/aromatic N) is 2. The average molecular weight is 240 g/mol. The number of nitrogens with two attached hydrogens (primary N) is 1. The second-order valence-electron chi connectivity index (χ2n) is 4.25. The van der Waals surface area contributed by atoms with Crippen molar-refractivity contribution in [2.45, 2.75) is 38.1 Å². The van der Waals surface area contributed by atoms with Gasteiger partial charge in [-0.2, -0.15) is 5.10 Å². The van der Waals surface area contributed by atoms with Crippen LogP contribution in [0.3, 0.4) is 0 Å². The summed E-state index contributed by atoms with van der Waals surface area (Å²) in [5.41, 5.74) is 9.36. The first-order chi connectivity index (χ1) is 8.31. The summed E-state index contributed by atoms with van der Waals surface area (Å²) in [6.07, 6.45) is 7.94. The lowest BCUT2D eigenvalue weighted by atomic mass is 9.96. The highest BCUT2D eigenvalue weighted by Crippen LogP contribution is 2.17. The number of rotatable bonds is 3. The lowest BCUT2D eigenvalue weighted by Gasteiger charge is -2.34. The topological polar surface area (TPSA) is 86.9 Å². The van der Waals surface area contributed by atoms with Gasteiger partial charge < -0.3 is 10.6 Å². The van der Waals surface area contributed by atoms with Crippen molar-refractivity contribution >= 4 is 5.84 Å². The van der Waals surface area contributed by atoms with E-state index in [1.807, 2.05) is 0 Å². The molecule has 0 aromatic heterocycles. The van der Waals surface area contributed by atoms with Crippen LogP contribution >= 0.6 is 0 Å². The molecular formula is C10H20N6O. The maximum Gasteiger partial charge on any atom is 0.207 e. The summed E-state index contributed by atoms with van der Waals surface area (Å²) in [6.45, 7) is 0. The SMILES string of the molecule is COC1=C/C(=N\N)NN(NC2CCCCC2)N1. The van der Waals surface area contributed by atoms with Gasteiger partial charge in [-0.3, -0.25) is 10.9 Å². The number of methoxy groups -OCH3 is 1. The first-order valence-electron chi connectivity index (χ1n) is 5.95. The van der Waals surface area contributed by atoms with E-state index in [2.05, 4.69) is 21.4 Å². The molecule has 0 spiro atoms. The molecule has 2 rings (SSSR count). The predicted molar refractivity (Wildman–Crippen MR) is 64.8 cm³/mol. The van der Waals surface area contributed by atoms with Crippen molar-refractivity contribution in [2.75, 3.05) is 7.11 Å². The molecule has 1 saturated carbocycles. The highest BCUT2D eigenvalue weighted by Gasteiger charge is 2.20. The first-order valence-corrected chi connectivity index (χ1v) is 5.95. The summed E-state index contributed by atoms with van der Waals surface area (Å²) in [7, 11) is 1.59. The third kappa shape index (κ3) is 3.24. The third-order valence-electron chi connectivity index (χ3n) is 2.99. The molecule has 17 heavy (non-hydrogen) atoms. The van der Waals surface area contributed by atoms with E-state index in [9.17, 15) is 0 Å². The summed E-state index contributed by atoms with van der Waals surface area (Å²) < 4.78 is 5.13. The summed E-state index contributed by atoms with van der Waals surface area (Å²) in [5, 5.41) is 5.27. The number of amidine groups is 1. The Balaban J connectivity index is 1.91. The van der Waals surface area contributed by atoms with Gasteiger partial charge in [0.2, 0.25) is 5.88 Å². The molecule has 7 heteroatoms. The molecule has 0 aromatic rings. The Morgan fingerprint density at radius 1 is 1.41 bits per heavy atom. The van der Waals surface area contributed by atoms with Crippen LogP contribution in [0.4, 0.5) is 0 Å². The van der Waals surface area contributed by atoms with Gasteiger partial charge in [0.1, 0.15) is 0 Å². The number of hydrogen-bond acceptors (Lipinski definition) is 6. The number of nitrogens with one attached hydrogen (secondary N) is 3. The van der Waals surface area contributed by atoms with Crippen molar-refractivity contribution in [1.82, 2.24) is 21.5 Å². The third-order valence-corrected chi connectivity index (χ3v) is 2.99. The molecule has 0 atom stereocenters.